The molecule has 2 fully saturated rings. The number of nitrogens with two attached hydrogens (primary N) is 1. The number of rotatable bonds is 3. The predicted octanol–water partition coefficient (Wildman–Crippen LogP) is 2.89. The SMILES string of the molecule is COc1ccc(F)cc1C(=O)NC1C2CCCC1CC(N)C2.Cl. The van der Waals surface area contributed by atoms with Gasteiger partial charge in [-0.25, -0.2) is 4.39 Å². The van der Waals surface area contributed by atoms with Crippen molar-refractivity contribution in [3.63, 3.8) is 0 Å². The highest BCUT2D eigenvalue weighted by Crippen LogP contribution is 2.39. The number of carbonyl (C=O) groups is 1. The van der Waals surface area contributed by atoms with Crippen LogP contribution >= 0.6 is 12.4 Å². The summed E-state index contributed by atoms with van der Waals surface area (Å²) in [5, 5.41) is 3.12. The molecule has 2 saturated carbocycles. The van der Waals surface area contributed by atoms with Crippen LogP contribution in [0.25, 0.3) is 0 Å². The van der Waals surface area contributed by atoms with Gasteiger partial charge in [-0.05, 0) is 55.7 Å². The van der Waals surface area contributed by atoms with Crippen molar-refractivity contribution in [1.82, 2.24) is 5.32 Å². The topological polar surface area (TPSA) is 64.3 Å². The molecule has 0 aromatic heterocycles. The molecule has 3 N–H and O–H groups in total. The van der Waals surface area contributed by atoms with Crippen LogP contribution in [0.15, 0.2) is 18.2 Å². The van der Waals surface area contributed by atoms with E-state index in [1.54, 1.807) is 0 Å². The average Bonchev–Trinajstić information content (AvgIpc) is 2.48. The minimum absolute atomic E-state index is 0. The predicted molar refractivity (Wildman–Crippen MR) is 89.5 cm³/mol. The van der Waals surface area contributed by atoms with Crippen LogP contribution in [0.3, 0.4) is 0 Å². The summed E-state index contributed by atoms with van der Waals surface area (Å²) in [7, 11) is 1.48. The number of carbonyl (C=O) groups excluding carboxylic acids is 1. The summed E-state index contributed by atoms with van der Waals surface area (Å²) in [5.74, 6) is 0.583. The Bertz CT molecular complexity index is 556. The number of hydrogen-bond donors (Lipinski definition) is 2. The Morgan fingerprint density at radius 3 is 2.57 bits per heavy atom. The number of halogens is 2. The highest BCUT2D eigenvalue weighted by Gasteiger charge is 2.40. The maximum absolute atomic E-state index is 13.5. The first kappa shape index (κ1) is 18.0. The molecule has 23 heavy (non-hydrogen) atoms. The van der Waals surface area contributed by atoms with Crippen molar-refractivity contribution in [2.24, 2.45) is 17.6 Å². The Morgan fingerprint density at radius 1 is 1.30 bits per heavy atom. The first-order chi connectivity index (χ1) is 10.6. The van der Waals surface area contributed by atoms with Crippen molar-refractivity contribution in [3.8, 4) is 5.75 Å². The summed E-state index contributed by atoms with van der Waals surface area (Å²) >= 11 is 0. The number of amides is 1. The molecular formula is C17H24ClFN2O2. The molecule has 2 atom stereocenters. The van der Waals surface area contributed by atoms with Gasteiger partial charge in [0.2, 0.25) is 0 Å². The Hall–Kier alpha value is -1.33. The third kappa shape index (κ3) is 3.78. The minimum atomic E-state index is -0.434. The molecule has 4 nitrogen and oxygen atoms in total. The van der Waals surface area contributed by atoms with E-state index in [9.17, 15) is 9.18 Å². The van der Waals surface area contributed by atoms with Crippen molar-refractivity contribution >= 4 is 18.3 Å². The van der Waals surface area contributed by atoms with Crippen LogP contribution in [0.5, 0.6) is 5.75 Å². The van der Waals surface area contributed by atoms with E-state index in [4.69, 9.17) is 10.5 Å². The van der Waals surface area contributed by atoms with Gasteiger partial charge in [-0.2, -0.15) is 0 Å². The van der Waals surface area contributed by atoms with Crippen LogP contribution in [-0.2, 0) is 0 Å². The molecule has 0 heterocycles. The summed E-state index contributed by atoms with van der Waals surface area (Å²) < 4.78 is 18.6. The van der Waals surface area contributed by atoms with Gasteiger partial charge in [-0.3, -0.25) is 4.79 Å². The van der Waals surface area contributed by atoms with Crippen molar-refractivity contribution in [2.45, 2.75) is 44.2 Å². The molecule has 0 radical (unpaired) electrons. The van der Waals surface area contributed by atoms with Crippen molar-refractivity contribution < 1.29 is 13.9 Å². The molecule has 1 aromatic carbocycles. The van der Waals surface area contributed by atoms with E-state index in [1.807, 2.05) is 0 Å². The van der Waals surface area contributed by atoms with Gasteiger partial charge in [0, 0.05) is 12.1 Å². The fourth-order valence-electron chi connectivity index (χ4n) is 4.11. The second-order valence-electron chi connectivity index (χ2n) is 6.53. The van der Waals surface area contributed by atoms with E-state index in [2.05, 4.69) is 5.32 Å². The maximum atomic E-state index is 13.5. The van der Waals surface area contributed by atoms with E-state index >= 15 is 0 Å². The Balaban J connectivity index is 0.00000192. The number of fused-ring (bicyclic) bond motifs is 2. The first-order valence-corrected chi connectivity index (χ1v) is 7.98. The Kier molecular flexibility index (Phi) is 5.87. The zero-order valence-corrected chi connectivity index (χ0v) is 14.1. The van der Waals surface area contributed by atoms with E-state index in [1.165, 1.54) is 31.7 Å². The number of hydrogen-bond acceptors (Lipinski definition) is 3. The lowest BCUT2D eigenvalue weighted by Gasteiger charge is -2.45. The normalized spacial score (nSPS) is 29.3. The number of ether oxygens (including phenoxy) is 1. The lowest BCUT2D eigenvalue weighted by molar-refractivity contribution is 0.0753. The van der Waals surface area contributed by atoms with Gasteiger partial charge >= 0.3 is 0 Å². The van der Waals surface area contributed by atoms with Gasteiger partial charge in [0.15, 0.2) is 0 Å². The van der Waals surface area contributed by atoms with Gasteiger partial charge in [0.05, 0.1) is 12.7 Å². The molecule has 6 heteroatoms. The first-order valence-electron chi connectivity index (χ1n) is 7.98. The second kappa shape index (κ2) is 7.49. The monoisotopic (exact) mass is 342 g/mol. The summed E-state index contributed by atoms with van der Waals surface area (Å²) in [6.07, 6.45) is 5.34. The van der Waals surface area contributed by atoms with Crippen LogP contribution in [-0.4, -0.2) is 25.1 Å². The molecule has 3 rings (SSSR count). The summed E-state index contributed by atoms with van der Waals surface area (Å²) in [6, 6.07) is 4.41. The van der Waals surface area contributed by atoms with E-state index in [0.29, 0.717) is 17.6 Å². The lowest BCUT2D eigenvalue weighted by atomic mass is 9.67. The fraction of sp³-hybridized carbons (Fsp3) is 0.588. The van der Waals surface area contributed by atoms with Crippen LogP contribution in [0.1, 0.15) is 42.5 Å². The van der Waals surface area contributed by atoms with Gasteiger partial charge in [0.1, 0.15) is 11.6 Å². The highest BCUT2D eigenvalue weighted by atomic mass is 35.5. The maximum Gasteiger partial charge on any atom is 0.255 e. The smallest absolute Gasteiger partial charge is 0.255 e. The summed E-state index contributed by atoms with van der Waals surface area (Å²) in [4.78, 5) is 12.6. The van der Waals surface area contributed by atoms with Crippen molar-refractivity contribution in [3.05, 3.63) is 29.6 Å². The minimum Gasteiger partial charge on any atom is -0.496 e. The van der Waals surface area contributed by atoms with E-state index in [0.717, 1.165) is 25.7 Å². The molecule has 0 spiro atoms. The zero-order valence-electron chi connectivity index (χ0n) is 13.3. The van der Waals surface area contributed by atoms with Gasteiger partial charge in [-0.1, -0.05) is 6.42 Å². The number of nitrogens with one attached hydrogen (secondary N) is 1. The molecule has 128 valence electrons. The molecule has 1 aromatic rings. The third-order valence-electron chi connectivity index (χ3n) is 5.08. The van der Waals surface area contributed by atoms with Crippen LogP contribution in [0.2, 0.25) is 0 Å². The lowest BCUT2D eigenvalue weighted by Crippen LogP contribution is -2.53. The Morgan fingerprint density at radius 2 is 1.96 bits per heavy atom. The molecule has 2 unspecified atom stereocenters. The molecular weight excluding hydrogens is 319 g/mol. The molecule has 2 bridgehead atoms. The summed E-state index contributed by atoms with van der Waals surface area (Å²) in [5.41, 5.74) is 6.37. The number of benzene rings is 1. The van der Waals surface area contributed by atoms with Crippen LogP contribution in [0, 0.1) is 17.7 Å². The molecule has 1 amide bonds. The standard InChI is InChI=1S/C17H23FN2O2.ClH/c1-22-15-6-5-12(18)9-14(15)17(21)20-16-10-3-2-4-11(16)8-13(19)7-10;/h5-6,9-11,13,16H,2-4,7-8,19H2,1H3,(H,20,21);1H. The third-order valence-corrected chi connectivity index (χ3v) is 5.08. The van der Waals surface area contributed by atoms with Gasteiger partial charge < -0.3 is 15.8 Å². The molecule has 2 aliphatic rings. The van der Waals surface area contributed by atoms with Crippen molar-refractivity contribution in [2.75, 3.05) is 7.11 Å². The Labute approximate surface area is 142 Å². The second-order valence-corrected chi connectivity index (χ2v) is 6.53. The van der Waals surface area contributed by atoms with E-state index < -0.39 is 5.82 Å². The fourth-order valence-corrected chi connectivity index (χ4v) is 4.11. The highest BCUT2D eigenvalue weighted by molar-refractivity contribution is 5.97. The average molecular weight is 343 g/mol. The van der Waals surface area contributed by atoms with Crippen LogP contribution in [0.4, 0.5) is 4.39 Å². The zero-order chi connectivity index (χ0) is 15.7. The molecule has 0 aliphatic heterocycles. The van der Waals surface area contributed by atoms with Gasteiger partial charge in [-0.15, -0.1) is 12.4 Å². The van der Waals surface area contributed by atoms with Crippen molar-refractivity contribution in [1.29, 1.82) is 0 Å². The quantitative estimate of drug-likeness (QED) is 0.887. The van der Waals surface area contributed by atoms with E-state index in [-0.39, 0.29) is 36.0 Å². The molecule has 0 saturated heterocycles. The largest absolute Gasteiger partial charge is 0.496 e. The van der Waals surface area contributed by atoms with Gasteiger partial charge in [0.25, 0.3) is 5.91 Å². The van der Waals surface area contributed by atoms with Crippen LogP contribution < -0.4 is 15.8 Å². The molecule has 2 aliphatic carbocycles. The number of methoxy groups -OCH3 is 1. The summed E-state index contributed by atoms with van der Waals surface area (Å²) in [6.45, 7) is 0.